The average Bonchev–Trinajstić information content (AvgIpc) is 2.28. The second kappa shape index (κ2) is 2.44. The van der Waals surface area contributed by atoms with Crippen LogP contribution in [0, 0.1) is 11.8 Å². The van der Waals surface area contributed by atoms with Gasteiger partial charge in [0.15, 0.2) is 0 Å². The molecule has 1 aliphatic heterocycles. The van der Waals surface area contributed by atoms with Crippen LogP contribution in [0.15, 0.2) is 11.6 Å². The van der Waals surface area contributed by atoms with E-state index in [1.165, 1.54) is 5.57 Å². The molecule has 0 aromatic heterocycles. The van der Waals surface area contributed by atoms with Crippen LogP contribution in [0.1, 0.15) is 19.8 Å². The summed E-state index contributed by atoms with van der Waals surface area (Å²) in [6.45, 7) is 1.98. The lowest BCUT2D eigenvalue weighted by atomic mass is 9.82. The Balaban J connectivity index is 2.27. The largest absolute Gasteiger partial charge is 0.393 e. The number of allylic oxidation sites excluding steroid dienone is 2. The van der Waals surface area contributed by atoms with E-state index in [0.717, 1.165) is 0 Å². The molecule has 2 atom stereocenters. The number of cyclic esters (lactones) is 2. The van der Waals surface area contributed by atoms with E-state index in [1.807, 2.05) is 13.0 Å². The van der Waals surface area contributed by atoms with Crippen molar-refractivity contribution in [1.82, 2.24) is 0 Å². The topological polar surface area (TPSA) is 43.4 Å². The molecule has 1 saturated heterocycles. The summed E-state index contributed by atoms with van der Waals surface area (Å²) in [5.41, 5.74) is 1.18. The third-order valence-electron chi connectivity index (χ3n) is 2.55. The maximum absolute atomic E-state index is 11.1. The summed E-state index contributed by atoms with van der Waals surface area (Å²) in [7, 11) is 0. The predicted octanol–water partition coefficient (Wildman–Crippen LogP) is 1.04. The van der Waals surface area contributed by atoms with E-state index in [-0.39, 0.29) is 23.8 Å². The molecule has 2 unspecified atom stereocenters. The lowest BCUT2D eigenvalue weighted by Crippen LogP contribution is -2.20. The van der Waals surface area contributed by atoms with Crippen LogP contribution in [-0.2, 0) is 14.3 Å². The van der Waals surface area contributed by atoms with Crippen LogP contribution in [0.2, 0.25) is 0 Å². The number of rotatable bonds is 0. The highest BCUT2D eigenvalue weighted by Crippen LogP contribution is 2.35. The highest BCUT2D eigenvalue weighted by Gasteiger charge is 2.44. The van der Waals surface area contributed by atoms with Gasteiger partial charge in [-0.3, -0.25) is 9.59 Å². The highest BCUT2D eigenvalue weighted by atomic mass is 16.6. The van der Waals surface area contributed by atoms with E-state index in [4.69, 9.17) is 0 Å². The summed E-state index contributed by atoms with van der Waals surface area (Å²) in [4.78, 5) is 22.1. The molecule has 12 heavy (non-hydrogen) atoms. The van der Waals surface area contributed by atoms with E-state index in [2.05, 4.69) is 4.74 Å². The zero-order valence-corrected chi connectivity index (χ0v) is 6.87. The van der Waals surface area contributed by atoms with Crippen LogP contribution in [0.4, 0.5) is 0 Å². The van der Waals surface area contributed by atoms with Crippen molar-refractivity contribution in [2.45, 2.75) is 19.8 Å². The summed E-state index contributed by atoms with van der Waals surface area (Å²) in [5, 5.41) is 0. The number of fused-ring (bicyclic) bond motifs is 1. The Morgan fingerprint density at radius 1 is 1.33 bits per heavy atom. The normalized spacial score (nSPS) is 34.2. The zero-order chi connectivity index (χ0) is 8.72. The van der Waals surface area contributed by atoms with Gasteiger partial charge >= 0.3 is 11.9 Å². The number of esters is 2. The molecule has 0 N–H and O–H groups in total. The molecule has 0 bridgehead atoms. The zero-order valence-electron chi connectivity index (χ0n) is 6.87. The van der Waals surface area contributed by atoms with Crippen molar-refractivity contribution in [3.05, 3.63) is 11.6 Å². The minimum absolute atomic E-state index is 0.192. The molecule has 0 spiro atoms. The lowest BCUT2D eigenvalue weighted by Gasteiger charge is -2.17. The molecular formula is C9H10O3. The van der Waals surface area contributed by atoms with Gasteiger partial charge in [0.05, 0.1) is 11.8 Å². The number of carbonyl (C=O) groups excluding carboxylic acids is 2. The van der Waals surface area contributed by atoms with E-state index < -0.39 is 0 Å². The molecule has 3 nitrogen and oxygen atoms in total. The van der Waals surface area contributed by atoms with Gasteiger partial charge < -0.3 is 4.74 Å². The molecule has 0 radical (unpaired) electrons. The maximum Gasteiger partial charge on any atom is 0.317 e. The van der Waals surface area contributed by atoms with Gasteiger partial charge in [-0.15, -0.1) is 0 Å². The molecule has 1 fully saturated rings. The van der Waals surface area contributed by atoms with E-state index in [0.29, 0.717) is 12.8 Å². The van der Waals surface area contributed by atoms with Crippen LogP contribution < -0.4 is 0 Å². The van der Waals surface area contributed by atoms with Crippen LogP contribution in [-0.4, -0.2) is 11.9 Å². The first-order valence-electron chi connectivity index (χ1n) is 4.09. The third-order valence-corrected chi connectivity index (χ3v) is 2.55. The van der Waals surface area contributed by atoms with Crippen LogP contribution >= 0.6 is 0 Å². The lowest BCUT2D eigenvalue weighted by molar-refractivity contribution is -0.153. The van der Waals surface area contributed by atoms with Gasteiger partial charge in [-0.25, -0.2) is 0 Å². The Morgan fingerprint density at radius 3 is 2.75 bits per heavy atom. The fourth-order valence-electron chi connectivity index (χ4n) is 1.82. The SMILES string of the molecule is CC1=CCC2C(=O)OC(=O)C2C1. The van der Waals surface area contributed by atoms with Gasteiger partial charge in [-0.1, -0.05) is 11.6 Å². The van der Waals surface area contributed by atoms with Crippen molar-refractivity contribution in [2.75, 3.05) is 0 Å². The summed E-state index contributed by atoms with van der Waals surface area (Å²) >= 11 is 0. The molecular weight excluding hydrogens is 156 g/mol. The summed E-state index contributed by atoms with van der Waals surface area (Å²) < 4.78 is 4.55. The highest BCUT2D eigenvalue weighted by molar-refractivity contribution is 5.96. The summed E-state index contributed by atoms with van der Waals surface area (Å²) in [5.74, 6) is -1.06. The first-order valence-corrected chi connectivity index (χ1v) is 4.09. The molecule has 1 aliphatic carbocycles. The number of hydrogen-bond donors (Lipinski definition) is 0. The van der Waals surface area contributed by atoms with E-state index >= 15 is 0 Å². The number of carbonyl (C=O) groups is 2. The molecule has 2 rings (SSSR count). The van der Waals surface area contributed by atoms with Crippen LogP contribution in [0.25, 0.3) is 0 Å². The van der Waals surface area contributed by atoms with Crippen molar-refractivity contribution in [3.63, 3.8) is 0 Å². The van der Waals surface area contributed by atoms with Crippen LogP contribution in [0.3, 0.4) is 0 Å². The van der Waals surface area contributed by atoms with Crippen molar-refractivity contribution in [3.8, 4) is 0 Å². The standard InChI is InChI=1S/C9H10O3/c1-5-2-3-6-7(4-5)9(11)12-8(6)10/h2,6-7H,3-4H2,1H3. The molecule has 64 valence electrons. The second-order valence-electron chi connectivity index (χ2n) is 3.44. The third kappa shape index (κ3) is 0.967. The van der Waals surface area contributed by atoms with Crippen molar-refractivity contribution in [2.24, 2.45) is 11.8 Å². The van der Waals surface area contributed by atoms with Crippen LogP contribution in [0.5, 0.6) is 0 Å². The van der Waals surface area contributed by atoms with E-state index in [1.54, 1.807) is 0 Å². The van der Waals surface area contributed by atoms with Gasteiger partial charge in [0.1, 0.15) is 0 Å². The van der Waals surface area contributed by atoms with Gasteiger partial charge in [0.2, 0.25) is 0 Å². The Labute approximate surface area is 70.4 Å². The summed E-state index contributed by atoms with van der Waals surface area (Å²) in [6.07, 6.45) is 3.37. The van der Waals surface area contributed by atoms with Gasteiger partial charge in [0.25, 0.3) is 0 Å². The smallest absolute Gasteiger partial charge is 0.317 e. The molecule has 0 aromatic carbocycles. The molecule has 2 aliphatic rings. The number of ether oxygens (including phenoxy) is 1. The van der Waals surface area contributed by atoms with Crippen molar-refractivity contribution < 1.29 is 14.3 Å². The molecule has 0 aromatic rings. The summed E-state index contributed by atoms with van der Waals surface area (Å²) in [6, 6.07) is 0. The van der Waals surface area contributed by atoms with Crippen molar-refractivity contribution in [1.29, 1.82) is 0 Å². The second-order valence-corrected chi connectivity index (χ2v) is 3.44. The molecule has 1 heterocycles. The monoisotopic (exact) mass is 166 g/mol. The minimum atomic E-state index is -0.339. The van der Waals surface area contributed by atoms with Gasteiger partial charge in [-0.2, -0.15) is 0 Å². The molecule has 0 amide bonds. The van der Waals surface area contributed by atoms with E-state index in [9.17, 15) is 9.59 Å². The Bertz CT molecular complexity index is 277. The molecule has 0 saturated carbocycles. The quantitative estimate of drug-likeness (QED) is 0.307. The Morgan fingerprint density at radius 2 is 2.00 bits per heavy atom. The average molecular weight is 166 g/mol. The fourth-order valence-corrected chi connectivity index (χ4v) is 1.82. The Hall–Kier alpha value is -1.12. The van der Waals surface area contributed by atoms with Gasteiger partial charge in [0, 0.05) is 0 Å². The predicted molar refractivity (Wildman–Crippen MR) is 41.1 cm³/mol. The Kier molecular flexibility index (Phi) is 1.53. The first-order chi connectivity index (χ1) is 5.68. The molecule has 3 heteroatoms. The maximum atomic E-state index is 11.1. The number of hydrogen-bond acceptors (Lipinski definition) is 3. The fraction of sp³-hybridized carbons (Fsp3) is 0.556. The first kappa shape index (κ1) is 7.53. The van der Waals surface area contributed by atoms with Crippen molar-refractivity contribution >= 4 is 11.9 Å². The minimum Gasteiger partial charge on any atom is -0.393 e. The van der Waals surface area contributed by atoms with Gasteiger partial charge in [-0.05, 0) is 19.8 Å².